The van der Waals surface area contributed by atoms with Crippen molar-refractivity contribution in [3.8, 4) is 0 Å². The van der Waals surface area contributed by atoms with Gasteiger partial charge in [-0.15, -0.1) is 22.9 Å². The summed E-state index contributed by atoms with van der Waals surface area (Å²) < 4.78 is 0. The van der Waals surface area contributed by atoms with Crippen LogP contribution in [0.5, 0.6) is 0 Å². The summed E-state index contributed by atoms with van der Waals surface area (Å²) in [5, 5.41) is 2.94. The second-order valence-electron chi connectivity index (χ2n) is 4.41. The number of hydrogen-bond acceptors (Lipinski definition) is 2. The molecule has 1 aliphatic heterocycles. The van der Waals surface area contributed by atoms with E-state index in [2.05, 4.69) is 22.4 Å². The molecule has 4 heteroatoms. The number of rotatable bonds is 2. The van der Waals surface area contributed by atoms with Crippen LogP contribution in [0.15, 0.2) is 29.6 Å². The number of benzene rings is 1. The molecule has 0 radical (unpaired) electrons. The van der Waals surface area contributed by atoms with E-state index in [0.717, 1.165) is 30.1 Å². The second kappa shape index (κ2) is 5.12. The summed E-state index contributed by atoms with van der Waals surface area (Å²) in [5.41, 5.74) is 3.65. The number of thiophene rings is 1. The molecular formula is C14H13Cl2NS. The van der Waals surface area contributed by atoms with Gasteiger partial charge in [0.2, 0.25) is 0 Å². The molecule has 0 saturated carbocycles. The van der Waals surface area contributed by atoms with E-state index in [0.29, 0.717) is 5.88 Å². The Balaban J connectivity index is 1.95. The van der Waals surface area contributed by atoms with Crippen molar-refractivity contribution in [1.82, 2.24) is 0 Å². The summed E-state index contributed by atoms with van der Waals surface area (Å²) >= 11 is 14.1. The van der Waals surface area contributed by atoms with E-state index in [9.17, 15) is 0 Å². The van der Waals surface area contributed by atoms with Crippen LogP contribution in [0.25, 0.3) is 0 Å². The van der Waals surface area contributed by atoms with Gasteiger partial charge < -0.3 is 4.90 Å². The Morgan fingerprint density at radius 3 is 3.00 bits per heavy atom. The third-order valence-electron chi connectivity index (χ3n) is 3.38. The van der Waals surface area contributed by atoms with Crippen molar-refractivity contribution in [1.29, 1.82) is 0 Å². The molecule has 3 rings (SSSR count). The van der Waals surface area contributed by atoms with Crippen LogP contribution in [-0.4, -0.2) is 6.54 Å². The van der Waals surface area contributed by atoms with Crippen LogP contribution in [0.1, 0.15) is 16.0 Å². The molecule has 0 bridgehead atoms. The van der Waals surface area contributed by atoms with Crippen molar-refractivity contribution in [2.24, 2.45) is 0 Å². The highest BCUT2D eigenvalue weighted by Crippen LogP contribution is 2.33. The van der Waals surface area contributed by atoms with Gasteiger partial charge in [0.25, 0.3) is 0 Å². The van der Waals surface area contributed by atoms with Gasteiger partial charge in [-0.25, -0.2) is 0 Å². The smallest absolute Gasteiger partial charge is 0.0509 e. The molecule has 0 spiro atoms. The average Bonchev–Trinajstić information content (AvgIpc) is 2.85. The third-order valence-corrected chi connectivity index (χ3v) is 5.02. The molecular weight excluding hydrogens is 285 g/mol. The van der Waals surface area contributed by atoms with Gasteiger partial charge in [-0.2, -0.15) is 0 Å². The van der Waals surface area contributed by atoms with E-state index in [1.54, 1.807) is 0 Å². The molecule has 2 aromatic rings. The molecule has 0 atom stereocenters. The summed E-state index contributed by atoms with van der Waals surface area (Å²) in [6, 6.07) is 8.23. The SMILES string of the molecule is ClCc1c(Cl)cccc1N1CCc2sccc2C1. The van der Waals surface area contributed by atoms with Crippen molar-refractivity contribution in [2.75, 3.05) is 11.4 Å². The lowest BCUT2D eigenvalue weighted by atomic mass is 10.1. The second-order valence-corrected chi connectivity index (χ2v) is 6.09. The molecule has 2 heterocycles. The van der Waals surface area contributed by atoms with Gasteiger partial charge in [-0.1, -0.05) is 17.7 Å². The van der Waals surface area contributed by atoms with Crippen LogP contribution in [0.4, 0.5) is 5.69 Å². The topological polar surface area (TPSA) is 3.24 Å². The molecule has 0 N–H and O–H groups in total. The van der Waals surface area contributed by atoms with Crippen LogP contribution in [-0.2, 0) is 18.8 Å². The van der Waals surface area contributed by atoms with Gasteiger partial charge in [0.1, 0.15) is 0 Å². The Morgan fingerprint density at radius 2 is 2.17 bits per heavy atom. The minimum absolute atomic E-state index is 0.460. The third kappa shape index (κ3) is 2.13. The van der Waals surface area contributed by atoms with Gasteiger partial charge in [0.05, 0.1) is 5.88 Å². The highest BCUT2D eigenvalue weighted by Gasteiger charge is 2.20. The summed E-state index contributed by atoms with van der Waals surface area (Å²) in [6.45, 7) is 2.00. The van der Waals surface area contributed by atoms with E-state index >= 15 is 0 Å². The monoisotopic (exact) mass is 297 g/mol. The standard InChI is InChI=1S/C14H13Cl2NS/c15-8-11-12(16)2-1-3-13(11)17-6-4-14-10(9-17)5-7-18-14/h1-3,5,7H,4,6,8-9H2. The minimum Gasteiger partial charge on any atom is -0.366 e. The van der Waals surface area contributed by atoms with Crippen LogP contribution in [0, 0.1) is 0 Å². The fraction of sp³-hybridized carbons (Fsp3) is 0.286. The molecule has 1 aromatic heterocycles. The molecule has 0 aliphatic carbocycles. The van der Waals surface area contributed by atoms with Crippen LogP contribution in [0.2, 0.25) is 5.02 Å². The summed E-state index contributed by atoms with van der Waals surface area (Å²) in [6.07, 6.45) is 1.11. The highest BCUT2D eigenvalue weighted by atomic mass is 35.5. The molecule has 0 amide bonds. The molecule has 18 heavy (non-hydrogen) atoms. The van der Waals surface area contributed by atoms with Crippen LogP contribution >= 0.6 is 34.5 Å². The number of nitrogens with zero attached hydrogens (tertiary/aromatic N) is 1. The van der Waals surface area contributed by atoms with Gasteiger partial charge in [-0.3, -0.25) is 0 Å². The lowest BCUT2D eigenvalue weighted by molar-refractivity contribution is 0.741. The van der Waals surface area contributed by atoms with E-state index in [1.165, 1.54) is 16.1 Å². The van der Waals surface area contributed by atoms with Crippen molar-refractivity contribution < 1.29 is 0 Å². The maximum Gasteiger partial charge on any atom is 0.0509 e. The quantitative estimate of drug-likeness (QED) is 0.726. The van der Waals surface area contributed by atoms with Gasteiger partial charge in [-0.05, 0) is 35.6 Å². The summed E-state index contributed by atoms with van der Waals surface area (Å²) in [4.78, 5) is 3.89. The summed E-state index contributed by atoms with van der Waals surface area (Å²) in [7, 11) is 0. The predicted octanol–water partition coefficient (Wildman–Crippen LogP) is 4.70. The summed E-state index contributed by atoms with van der Waals surface area (Å²) in [5.74, 6) is 0.460. The molecule has 1 aromatic carbocycles. The molecule has 1 aliphatic rings. The van der Waals surface area contributed by atoms with Gasteiger partial charge >= 0.3 is 0 Å². The van der Waals surface area contributed by atoms with E-state index in [1.807, 2.05) is 23.5 Å². The van der Waals surface area contributed by atoms with Gasteiger partial charge in [0, 0.05) is 34.2 Å². The number of fused-ring (bicyclic) bond motifs is 1. The lowest BCUT2D eigenvalue weighted by Gasteiger charge is -2.30. The first-order chi connectivity index (χ1) is 8.79. The Kier molecular flexibility index (Phi) is 3.51. The first-order valence-corrected chi connectivity index (χ1v) is 7.72. The number of hydrogen-bond donors (Lipinski definition) is 0. The van der Waals surface area contributed by atoms with Crippen molar-refractivity contribution in [2.45, 2.75) is 18.8 Å². The van der Waals surface area contributed by atoms with E-state index < -0.39 is 0 Å². The Hall–Kier alpha value is -0.700. The molecule has 0 unspecified atom stereocenters. The number of alkyl halides is 1. The predicted molar refractivity (Wildman–Crippen MR) is 80.1 cm³/mol. The maximum atomic E-state index is 6.22. The van der Waals surface area contributed by atoms with Crippen LogP contribution < -0.4 is 4.90 Å². The Labute approximate surface area is 121 Å². The number of anilines is 1. The zero-order valence-corrected chi connectivity index (χ0v) is 12.2. The average molecular weight is 298 g/mol. The number of halogens is 2. The Morgan fingerprint density at radius 1 is 1.28 bits per heavy atom. The van der Waals surface area contributed by atoms with Crippen molar-refractivity contribution in [3.63, 3.8) is 0 Å². The molecule has 1 nitrogen and oxygen atoms in total. The van der Waals surface area contributed by atoms with Gasteiger partial charge in [0.15, 0.2) is 0 Å². The zero-order chi connectivity index (χ0) is 12.5. The zero-order valence-electron chi connectivity index (χ0n) is 9.83. The van der Waals surface area contributed by atoms with Crippen LogP contribution in [0.3, 0.4) is 0 Å². The van der Waals surface area contributed by atoms with Crippen molar-refractivity contribution >= 4 is 40.2 Å². The fourth-order valence-electron chi connectivity index (χ4n) is 2.43. The van der Waals surface area contributed by atoms with E-state index in [4.69, 9.17) is 23.2 Å². The fourth-order valence-corrected chi connectivity index (χ4v) is 3.91. The lowest BCUT2D eigenvalue weighted by Crippen LogP contribution is -2.30. The maximum absolute atomic E-state index is 6.22. The molecule has 0 saturated heterocycles. The first kappa shape index (κ1) is 12.3. The van der Waals surface area contributed by atoms with Crippen molar-refractivity contribution in [3.05, 3.63) is 50.7 Å². The largest absolute Gasteiger partial charge is 0.366 e. The molecule has 94 valence electrons. The van der Waals surface area contributed by atoms with E-state index in [-0.39, 0.29) is 0 Å². The normalized spacial score (nSPS) is 14.7. The highest BCUT2D eigenvalue weighted by molar-refractivity contribution is 7.10. The Bertz CT molecular complexity index is 565. The first-order valence-electron chi connectivity index (χ1n) is 5.93. The minimum atomic E-state index is 0.460. The molecule has 0 fully saturated rings.